The Balaban J connectivity index is 1.63. The Hall–Kier alpha value is -3.27. The van der Waals surface area contributed by atoms with Crippen LogP contribution in [0.2, 0.25) is 0 Å². The Kier molecular flexibility index (Phi) is 4.32. The van der Waals surface area contributed by atoms with Crippen molar-refractivity contribution in [2.45, 2.75) is 0 Å². The molecule has 1 aliphatic rings. The summed E-state index contributed by atoms with van der Waals surface area (Å²) in [4.78, 5) is 21.1. The SMILES string of the molecule is CN(c1ccccc1)c1nc(N)nc(-c2noc(N3CCNCC3)n2)n1. The summed E-state index contributed by atoms with van der Waals surface area (Å²) in [6.45, 7) is 3.37. The number of hydrogen-bond donors (Lipinski definition) is 2. The summed E-state index contributed by atoms with van der Waals surface area (Å²) in [6, 6.07) is 10.2. The number of benzene rings is 1. The fraction of sp³-hybridized carbons (Fsp3) is 0.312. The van der Waals surface area contributed by atoms with Gasteiger partial charge in [-0.05, 0) is 12.1 Å². The van der Waals surface area contributed by atoms with Gasteiger partial charge in [0.1, 0.15) is 0 Å². The molecule has 1 aliphatic heterocycles. The molecule has 4 rings (SSSR count). The van der Waals surface area contributed by atoms with E-state index in [0.29, 0.717) is 12.0 Å². The van der Waals surface area contributed by atoms with Crippen LogP contribution >= 0.6 is 0 Å². The van der Waals surface area contributed by atoms with E-state index in [1.54, 1.807) is 0 Å². The molecule has 0 amide bonds. The minimum atomic E-state index is 0.0984. The molecule has 1 aromatic carbocycles. The average molecular weight is 353 g/mol. The molecule has 0 unspecified atom stereocenters. The maximum atomic E-state index is 5.87. The lowest BCUT2D eigenvalue weighted by atomic mass is 10.3. The molecule has 10 nitrogen and oxygen atoms in total. The number of nitrogen functional groups attached to an aromatic ring is 1. The highest BCUT2D eigenvalue weighted by molar-refractivity contribution is 5.59. The summed E-state index contributed by atoms with van der Waals surface area (Å²) in [5, 5.41) is 7.28. The van der Waals surface area contributed by atoms with Crippen LogP contribution in [0, 0.1) is 0 Å². The van der Waals surface area contributed by atoms with Gasteiger partial charge in [0.2, 0.25) is 23.5 Å². The molecule has 3 aromatic rings. The largest absolute Gasteiger partial charge is 0.368 e. The number of piperazine rings is 1. The third-order valence-corrected chi connectivity index (χ3v) is 4.09. The molecule has 0 aliphatic carbocycles. The van der Waals surface area contributed by atoms with E-state index >= 15 is 0 Å². The van der Waals surface area contributed by atoms with Gasteiger partial charge in [-0.15, -0.1) is 0 Å². The van der Waals surface area contributed by atoms with Crippen molar-refractivity contribution in [1.29, 1.82) is 0 Å². The topological polar surface area (TPSA) is 122 Å². The third kappa shape index (κ3) is 3.26. The molecule has 0 spiro atoms. The van der Waals surface area contributed by atoms with Crippen molar-refractivity contribution in [3.63, 3.8) is 0 Å². The van der Waals surface area contributed by atoms with E-state index in [4.69, 9.17) is 10.3 Å². The summed E-state index contributed by atoms with van der Waals surface area (Å²) < 4.78 is 5.37. The summed E-state index contributed by atoms with van der Waals surface area (Å²) >= 11 is 0. The van der Waals surface area contributed by atoms with Crippen molar-refractivity contribution in [3.8, 4) is 11.6 Å². The van der Waals surface area contributed by atoms with Gasteiger partial charge in [-0.25, -0.2) is 0 Å². The van der Waals surface area contributed by atoms with E-state index in [0.717, 1.165) is 31.9 Å². The molecule has 0 radical (unpaired) electrons. The maximum absolute atomic E-state index is 5.87. The standard InChI is InChI=1S/C16H19N9O/c1-24(11-5-3-2-4-6-11)15-20-12(19-14(17)22-15)13-21-16(26-23-13)25-9-7-18-8-10-25/h2-6,18H,7-10H2,1H3,(H2,17,19,20,22). The number of nitrogens with zero attached hydrogens (tertiary/aromatic N) is 7. The molecule has 10 heteroatoms. The van der Waals surface area contributed by atoms with Gasteiger partial charge < -0.3 is 25.4 Å². The molecule has 1 fully saturated rings. The van der Waals surface area contributed by atoms with Crippen molar-refractivity contribution in [1.82, 2.24) is 30.4 Å². The van der Waals surface area contributed by atoms with Crippen LogP contribution in [0.1, 0.15) is 0 Å². The number of anilines is 4. The molecule has 3 N–H and O–H groups in total. The van der Waals surface area contributed by atoms with Crippen LogP contribution in [0.3, 0.4) is 0 Å². The molecule has 3 heterocycles. The first-order valence-corrected chi connectivity index (χ1v) is 8.31. The summed E-state index contributed by atoms with van der Waals surface area (Å²) in [5.74, 6) is 1.07. The van der Waals surface area contributed by atoms with E-state index in [9.17, 15) is 0 Å². The van der Waals surface area contributed by atoms with Crippen LogP contribution in [-0.2, 0) is 0 Å². The quantitative estimate of drug-likeness (QED) is 0.692. The van der Waals surface area contributed by atoms with Crippen LogP contribution in [0.5, 0.6) is 0 Å². The fourth-order valence-corrected chi connectivity index (χ4v) is 2.69. The zero-order chi connectivity index (χ0) is 17.9. The molecule has 0 atom stereocenters. The van der Waals surface area contributed by atoms with Crippen LogP contribution in [0.4, 0.5) is 23.6 Å². The summed E-state index contributed by atoms with van der Waals surface area (Å²) in [6.07, 6.45) is 0. The van der Waals surface area contributed by atoms with Gasteiger partial charge in [-0.3, -0.25) is 0 Å². The first-order chi connectivity index (χ1) is 12.7. The molecular formula is C16H19N9O. The number of nitrogens with one attached hydrogen (secondary N) is 1. The maximum Gasteiger partial charge on any atom is 0.324 e. The van der Waals surface area contributed by atoms with Gasteiger partial charge in [-0.1, -0.05) is 23.4 Å². The molecule has 2 aromatic heterocycles. The minimum Gasteiger partial charge on any atom is -0.368 e. The van der Waals surface area contributed by atoms with Crippen LogP contribution < -0.4 is 20.9 Å². The zero-order valence-corrected chi connectivity index (χ0v) is 14.3. The van der Waals surface area contributed by atoms with Crippen molar-refractivity contribution in [2.75, 3.05) is 48.8 Å². The Morgan fingerprint density at radius 1 is 1.04 bits per heavy atom. The second kappa shape index (κ2) is 6.92. The van der Waals surface area contributed by atoms with Crippen molar-refractivity contribution >= 4 is 23.6 Å². The second-order valence-electron chi connectivity index (χ2n) is 5.85. The molecular weight excluding hydrogens is 334 g/mol. The van der Waals surface area contributed by atoms with Crippen LogP contribution in [-0.4, -0.2) is 58.3 Å². The fourth-order valence-electron chi connectivity index (χ4n) is 2.69. The number of aromatic nitrogens is 5. The normalized spacial score (nSPS) is 14.4. The summed E-state index contributed by atoms with van der Waals surface area (Å²) in [5.41, 5.74) is 6.80. The number of para-hydroxylation sites is 1. The highest BCUT2D eigenvalue weighted by Crippen LogP contribution is 2.23. The zero-order valence-electron chi connectivity index (χ0n) is 14.3. The highest BCUT2D eigenvalue weighted by Gasteiger charge is 2.20. The van der Waals surface area contributed by atoms with Gasteiger partial charge in [0.05, 0.1) is 0 Å². The van der Waals surface area contributed by atoms with Crippen molar-refractivity contribution in [2.24, 2.45) is 0 Å². The lowest BCUT2D eigenvalue weighted by Crippen LogP contribution is -2.43. The van der Waals surface area contributed by atoms with Gasteiger partial charge >= 0.3 is 6.01 Å². The second-order valence-corrected chi connectivity index (χ2v) is 5.85. The molecule has 134 valence electrons. The Labute approximate surface area is 150 Å². The lowest BCUT2D eigenvalue weighted by molar-refractivity contribution is 0.405. The number of hydrogen-bond acceptors (Lipinski definition) is 10. The monoisotopic (exact) mass is 353 g/mol. The van der Waals surface area contributed by atoms with E-state index in [1.165, 1.54) is 0 Å². The van der Waals surface area contributed by atoms with Crippen molar-refractivity contribution in [3.05, 3.63) is 30.3 Å². The smallest absolute Gasteiger partial charge is 0.324 e. The van der Waals surface area contributed by atoms with Gasteiger partial charge in [0.15, 0.2) is 0 Å². The first kappa shape index (κ1) is 16.2. The predicted molar refractivity (Wildman–Crippen MR) is 97.1 cm³/mol. The highest BCUT2D eigenvalue weighted by atomic mass is 16.5. The van der Waals surface area contributed by atoms with Crippen molar-refractivity contribution < 1.29 is 4.52 Å². The van der Waals surface area contributed by atoms with Crippen LogP contribution in [0.25, 0.3) is 11.6 Å². The first-order valence-electron chi connectivity index (χ1n) is 8.31. The Bertz CT molecular complexity index is 876. The Morgan fingerprint density at radius 3 is 2.58 bits per heavy atom. The average Bonchev–Trinajstić information content (AvgIpc) is 3.19. The molecule has 26 heavy (non-hydrogen) atoms. The minimum absolute atomic E-state index is 0.0984. The van der Waals surface area contributed by atoms with E-state index in [1.807, 2.05) is 47.2 Å². The number of rotatable bonds is 4. The Morgan fingerprint density at radius 2 is 1.81 bits per heavy atom. The van der Waals surface area contributed by atoms with Gasteiger partial charge in [0.25, 0.3) is 0 Å². The molecule has 1 saturated heterocycles. The van der Waals surface area contributed by atoms with Gasteiger partial charge in [0, 0.05) is 38.9 Å². The molecule has 0 bridgehead atoms. The third-order valence-electron chi connectivity index (χ3n) is 4.09. The number of nitrogens with two attached hydrogens (primary N) is 1. The van der Waals surface area contributed by atoms with E-state index in [2.05, 4.69) is 30.4 Å². The van der Waals surface area contributed by atoms with E-state index < -0.39 is 0 Å². The van der Waals surface area contributed by atoms with Gasteiger partial charge in [-0.2, -0.15) is 19.9 Å². The van der Waals surface area contributed by atoms with E-state index in [-0.39, 0.29) is 17.6 Å². The van der Waals surface area contributed by atoms with Crippen LogP contribution in [0.15, 0.2) is 34.9 Å². The lowest BCUT2D eigenvalue weighted by Gasteiger charge is -2.24. The summed E-state index contributed by atoms with van der Waals surface area (Å²) in [7, 11) is 1.86. The predicted octanol–water partition coefficient (Wildman–Crippen LogP) is 0.681. The molecule has 0 saturated carbocycles.